The molecular weight excluding hydrogens is 298 g/mol. The lowest BCUT2D eigenvalue weighted by atomic mass is 10.1. The first kappa shape index (κ1) is 16.8. The Balaban J connectivity index is 1.94. The van der Waals surface area contributed by atoms with Crippen molar-refractivity contribution >= 4 is 17.3 Å². The average molecular weight is 323 g/mol. The standard InChI is InChI=1S/C16H25N3O2S/c1-4-17-16(22)19-9-7-18(8-10-19)12-13-11-14(20-2)5-6-15(13)21-3/h5-6,11H,4,7-10,12H2,1-3H3,(H,17,22). The second-order valence-electron chi connectivity index (χ2n) is 5.28. The summed E-state index contributed by atoms with van der Waals surface area (Å²) in [5.74, 6) is 1.77. The van der Waals surface area contributed by atoms with Gasteiger partial charge in [0.1, 0.15) is 11.5 Å². The molecule has 1 saturated heterocycles. The smallest absolute Gasteiger partial charge is 0.169 e. The molecule has 1 heterocycles. The molecule has 0 unspecified atom stereocenters. The molecule has 0 atom stereocenters. The van der Waals surface area contributed by atoms with Crippen LogP contribution in [-0.4, -0.2) is 61.9 Å². The first-order valence-corrected chi connectivity index (χ1v) is 8.04. The number of hydrogen-bond donors (Lipinski definition) is 1. The molecule has 1 fully saturated rings. The van der Waals surface area contributed by atoms with Gasteiger partial charge in [-0.25, -0.2) is 0 Å². The van der Waals surface area contributed by atoms with Gasteiger partial charge in [0.2, 0.25) is 0 Å². The van der Waals surface area contributed by atoms with Crippen molar-refractivity contribution in [2.75, 3.05) is 46.9 Å². The topological polar surface area (TPSA) is 37.0 Å². The van der Waals surface area contributed by atoms with E-state index in [-0.39, 0.29) is 0 Å². The SMILES string of the molecule is CCNC(=S)N1CCN(Cc2cc(OC)ccc2OC)CC1. The number of rotatable bonds is 5. The Bertz CT molecular complexity index is 502. The van der Waals surface area contributed by atoms with Crippen LogP contribution in [0.15, 0.2) is 18.2 Å². The quantitative estimate of drug-likeness (QED) is 0.832. The predicted molar refractivity (Wildman–Crippen MR) is 92.7 cm³/mol. The first-order chi connectivity index (χ1) is 10.7. The van der Waals surface area contributed by atoms with Gasteiger partial charge in [0.15, 0.2) is 5.11 Å². The van der Waals surface area contributed by atoms with E-state index in [0.29, 0.717) is 0 Å². The van der Waals surface area contributed by atoms with Crippen molar-refractivity contribution in [1.82, 2.24) is 15.1 Å². The van der Waals surface area contributed by atoms with Crippen LogP contribution in [-0.2, 0) is 6.54 Å². The number of piperazine rings is 1. The largest absolute Gasteiger partial charge is 0.497 e. The second-order valence-corrected chi connectivity index (χ2v) is 5.66. The second kappa shape index (κ2) is 8.19. The zero-order chi connectivity index (χ0) is 15.9. The van der Waals surface area contributed by atoms with Crippen molar-refractivity contribution in [3.8, 4) is 11.5 Å². The van der Waals surface area contributed by atoms with Gasteiger partial charge in [-0.1, -0.05) is 0 Å². The highest BCUT2D eigenvalue weighted by molar-refractivity contribution is 7.80. The highest BCUT2D eigenvalue weighted by Crippen LogP contribution is 2.25. The number of nitrogens with one attached hydrogen (secondary N) is 1. The first-order valence-electron chi connectivity index (χ1n) is 7.64. The van der Waals surface area contributed by atoms with Crippen LogP contribution in [0.1, 0.15) is 12.5 Å². The van der Waals surface area contributed by atoms with Gasteiger partial charge >= 0.3 is 0 Å². The molecule has 0 spiro atoms. The van der Waals surface area contributed by atoms with Crippen molar-refractivity contribution in [3.05, 3.63) is 23.8 Å². The molecule has 1 aromatic rings. The summed E-state index contributed by atoms with van der Waals surface area (Å²) in [6.45, 7) is 7.70. The van der Waals surface area contributed by atoms with E-state index < -0.39 is 0 Å². The van der Waals surface area contributed by atoms with Crippen LogP contribution in [0.3, 0.4) is 0 Å². The summed E-state index contributed by atoms with van der Waals surface area (Å²) < 4.78 is 10.8. The Hall–Kier alpha value is -1.53. The van der Waals surface area contributed by atoms with Crippen molar-refractivity contribution in [2.24, 2.45) is 0 Å². The molecule has 0 radical (unpaired) electrons. The van der Waals surface area contributed by atoms with Crippen LogP contribution < -0.4 is 14.8 Å². The molecule has 5 nitrogen and oxygen atoms in total. The highest BCUT2D eigenvalue weighted by atomic mass is 32.1. The van der Waals surface area contributed by atoms with Gasteiger partial charge in [0.05, 0.1) is 14.2 Å². The molecule has 122 valence electrons. The minimum atomic E-state index is 0.862. The molecule has 0 bridgehead atoms. The molecule has 1 aliphatic heterocycles. The van der Waals surface area contributed by atoms with Crippen LogP contribution in [0.4, 0.5) is 0 Å². The number of thiocarbonyl (C=S) groups is 1. The third kappa shape index (κ3) is 4.24. The third-order valence-corrected chi connectivity index (χ3v) is 4.27. The lowest BCUT2D eigenvalue weighted by Gasteiger charge is -2.36. The van der Waals surface area contributed by atoms with Gasteiger partial charge in [0, 0.05) is 44.8 Å². The summed E-state index contributed by atoms with van der Waals surface area (Å²) >= 11 is 5.37. The maximum Gasteiger partial charge on any atom is 0.169 e. The molecule has 1 aromatic carbocycles. The predicted octanol–water partition coefficient (Wildman–Crippen LogP) is 1.72. The summed E-state index contributed by atoms with van der Waals surface area (Å²) in [6, 6.07) is 5.94. The fraction of sp³-hybridized carbons (Fsp3) is 0.562. The highest BCUT2D eigenvalue weighted by Gasteiger charge is 2.19. The summed E-state index contributed by atoms with van der Waals surface area (Å²) in [5, 5.41) is 4.08. The number of ether oxygens (including phenoxy) is 2. The summed E-state index contributed by atoms with van der Waals surface area (Å²) in [6.07, 6.45) is 0. The molecule has 0 amide bonds. The van der Waals surface area contributed by atoms with Gasteiger partial charge in [-0.3, -0.25) is 4.90 Å². The zero-order valence-corrected chi connectivity index (χ0v) is 14.4. The van der Waals surface area contributed by atoms with E-state index in [4.69, 9.17) is 21.7 Å². The third-order valence-electron chi connectivity index (χ3n) is 3.87. The van der Waals surface area contributed by atoms with Crippen LogP contribution >= 0.6 is 12.2 Å². The normalized spacial score (nSPS) is 15.5. The van der Waals surface area contributed by atoms with E-state index in [1.165, 1.54) is 0 Å². The fourth-order valence-electron chi connectivity index (χ4n) is 2.62. The number of hydrogen-bond acceptors (Lipinski definition) is 4. The Morgan fingerprint density at radius 2 is 1.91 bits per heavy atom. The fourth-order valence-corrected chi connectivity index (χ4v) is 2.95. The lowest BCUT2D eigenvalue weighted by Crippen LogP contribution is -2.51. The van der Waals surface area contributed by atoms with Crippen molar-refractivity contribution in [3.63, 3.8) is 0 Å². The zero-order valence-electron chi connectivity index (χ0n) is 13.6. The van der Waals surface area contributed by atoms with Gasteiger partial charge in [0.25, 0.3) is 0 Å². The molecule has 0 saturated carbocycles. The van der Waals surface area contributed by atoms with Crippen LogP contribution in [0.25, 0.3) is 0 Å². The molecule has 0 aromatic heterocycles. The summed E-state index contributed by atoms with van der Waals surface area (Å²) in [7, 11) is 3.39. The molecule has 1 N–H and O–H groups in total. The molecule has 0 aliphatic carbocycles. The Labute approximate surface area is 138 Å². The molecule has 1 aliphatic rings. The van der Waals surface area contributed by atoms with E-state index in [9.17, 15) is 0 Å². The summed E-state index contributed by atoms with van der Waals surface area (Å²) in [5.41, 5.74) is 1.16. The molecule has 22 heavy (non-hydrogen) atoms. The van der Waals surface area contributed by atoms with E-state index in [1.54, 1.807) is 14.2 Å². The monoisotopic (exact) mass is 323 g/mol. The van der Waals surface area contributed by atoms with E-state index in [0.717, 1.165) is 61.4 Å². The van der Waals surface area contributed by atoms with Crippen molar-refractivity contribution < 1.29 is 9.47 Å². The van der Waals surface area contributed by atoms with Crippen molar-refractivity contribution in [2.45, 2.75) is 13.5 Å². The maximum atomic E-state index is 5.45. The van der Waals surface area contributed by atoms with E-state index in [1.807, 2.05) is 12.1 Å². The Kier molecular flexibility index (Phi) is 6.27. The Morgan fingerprint density at radius 3 is 2.50 bits per heavy atom. The van der Waals surface area contributed by atoms with E-state index >= 15 is 0 Å². The number of methoxy groups -OCH3 is 2. The molecule has 2 rings (SSSR count). The minimum absolute atomic E-state index is 0.862. The molecule has 6 heteroatoms. The van der Waals surface area contributed by atoms with Crippen LogP contribution in [0.5, 0.6) is 11.5 Å². The number of benzene rings is 1. The van der Waals surface area contributed by atoms with Crippen LogP contribution in [0, 0.1) is 0 Å². The molecular formula is C16H25N3O2S. The average Bonchev–Trinajstić information content (AvgIpc) is 2.55. The van der Waals surface area contributed by atoms with Gasteiger partial charge < -0.3 is 19.7 Å². The van der Waals surface area contributed by atoms with E-state index in [2.05, 4.69) is 28.1 Å². The Morgan fingerprint density at radius 1 is 1.18 bits per heavy atom. The maximum absolute atomic E-state index is 5.45. The van der Waals surface area contributed by atoms with Crippen LogP contribution in [0.2, 0.25) is 0 Å². The van der Waals surface area contributed by atoms with Gasteiger partial charge in [-0.2, -0.15) is 0 Å². The minimum Gasteiger partial charge on any atom is -0.497 e. The summed E-state index contributed by atoms with van der Waals surface area (Å²) in [4.78, 5) is 4.65. The van der Waals surface area contributed by atoms with Gasteiger partial charge in [-0.05, 0) is 37.3 Å². The lowest BCUT2D eigenvalue weighted by molar-refractivity contribution is 0.173. The number of nitrogens with zero attached hydrogens (tertiary/aromatic N) is 2. The van der Waals surface area contributed by atoms with Gasteiger partial charge in [-0.15, -0.1) is 0 Å². The van der Waals surface area contributed by atoms with Crippen molar-refractivity contribution in [1.29, 1.82) is 0 Å².